The number of hydrogen-bond donors (Lipinski definition) is 6. The van der Waals surface area contributed by atoms with E-state index in [1.54, 1.807) is 0 Å². The average molecular weight is 4810 g/mol. The predicted molar refractivity (Wildman–Crippen MR) is 120 cm³/mol. The van der Waals surface area contributed by atoms with Gasteiger partial charge in [-0.1, -0.05) is 13.3 Å². The summed E-state index contributed by atoms with van der Waals surface area (Å²) in [7, 11) is -9.03. The van der Waals surface area contributed by atoms with E-state index in [1.807, 2.05) is 0 Å². The Balaban J connectivity index is -0.00000000412. The zero-order valence-corrected chi connectivity index (χ0v) is 93.3. The van der Waals surface area contributed by atoms with Crippen LogP contribution in [0.1, 0.15) is 34.6 Å². The van der Waals surface area contributed by atoms with Gasteiger partial charge in [0.1, 0.15) is 6.54 Å². The Kier molecular flexibility index (Phi) is 554. The Morgan fingerprint density at radius 3 is 1.10 bits per heavy atom. The standard InChI is InChI=1S/C11H19N2.10Ac.5H2N.7No.Np.2H3O4P.2H2O/c1-2-3-4-7-13-8-5-6-11(9-12)10-13;;;;;;;;;;;;;;;;;;;;;;;;2*1-5(2,3)4;;/h5-6,8,10H,2-4,7,9,12H2,1H3;;;;;;;;;;;5*1H2;;;;;;;;;2*(H3,1,2,3,4);2*1H2/q+1;;;;;;;;;;;5*-1;;;;;;;;;;;;/p+3. The van der Waals surface area contributed by atoms with Crippen molar-refractivity contribution in [3.8, 4) is 0 Å². The zero-order chi connectivity index (χ0) is 18.5. The van der Waals surface area contributed by atoms with Gasteiger partial charge in [0.15, 0.2) is 12.4 Å². The fourth-order valence-electron chi connectivity index (χ4n) is 1.38. The molecular weight excluding hydrogens is 4770 g/mol. The predicted octanol–water partition coefficient (Wildman–Crippen LogP) is 1.66. The minimum atomic E-state index is -4.64. The first-order valence-electron chi connectivity index (χ1n) is 6.63. The van der Waals surface area contributed by atoms with Gasteiger partial charge in [-0.25, -0.2) is 9.13 Å². The largest absolute Gasteiger partial charge is 1.00 e. The van der Waals surface area contributed by atoms with Gasteiger partial charge in [0, 0.05) is 495 Å². The molecule has 0 aromatic carbocycles. The van der Waals surface area contributed by atoms with Crippen molar-refractivity contribution >= 4 is 15.6 Å². The zero-order valence-electron chi connectivity index (χ0n) is 26.8. The molecule has 23 N–H and O–H groups in total. The van der Waals surface area contributed by atoms with Crippen LogP contribution in [0.3, 0.4) is 0 Å². The Hall–Kier alpha value is 7.48. The van der Waals surface area contributed by atoms with E-state index < -0.39 is 15.6 Å². The molecule has 0 fully saturated rings. The molecule has 1 heterocycles. The van der Waals surface area contributed by atoms with Crippen LogP contribution >= 0.6 is 15.6 Å². The van der Waals surface area contributed by atoms with E-state index in [0.29, 0.717) is 6.54 Å². The SMILES string of the molecule is CCCCC[n+]1cccc(CN)c1.O.O.O=P(O)(O)O.O=P(O)(O)[OH2+].[Ac].[Ac].[Ac].[Ac].[Ac].[Ac].[Ac].[Ac].[Ac].[Ac].[H+].[H+].[NH2-].[NH2-].[NH2-].[NH2-].[NH2-].[No].[No].[No].[No].[No].[No].[No].[Np]. The van der Waals surface area contributed by atoms with Gasteiger partial charge in [0.2, 0.25) is 0 Å². The molecule has 17 nitrogen and oxygen atoms in total. The summed E-state index contributed by atoms with van der Waals surface area (Å²) in [6.45, 7) is 3.97. The van der Waals surface area contributed by atoms with Crippen LogP contribution in [0.25, 0.3) is 30.8 Å². The third-order valence-corrected chi connectivity index (χ3v) is 2.18. The number of nitrogens with two attached hydrogens (primary N) is 6. The monoisotopic (exact) mass is 4810 g/mol. The van der Waals surface area contributed by atoms with Crippen molar-refractivity contribution in [1.82, 2.24) is 0 Å². The molecule has 48 heavy (non-hydrogen) atoms. The molecule has 0 saturated heterocycles. The van der Waals surface area contributed by atoms with E-state index in [2.05, 4.69) is 36.0 Å². The summed E-state index contributed by atoms with van der Waals surface area (Å²) in [4.78, 5) is 41.8. The van der Waals surface area contributed by atoms with Crippen molar-refractivity contribution in [2.24, 2.45) is 5.73 Å². The quantitative estimate of drug-likeness (QED) is 0.109. The summed E-state index contributed by atoms with van der Waals surface area (Å²) in [6.07, 6.45) is 8.08. The fraction of sp³-hybridized carbons (Fsp3) is 0.545. The van der Waals surface area contributed by atoms with Gasteiger partial charge in [-0.15, -0.1) is 0 Å². The summed E-state index contributed by atoms with van der Waals surface area (Å²) < 4.78 is 20.1. The van der Waals surface area contributed by atoms with Crippen molar-refractivity contribution in [2.45, 2.75) is 39.3 Å². The maximum absolute atomic E-state index is 8.99. The molecule has 37 heteroatoms. The number of aromatic nitrogens is 1. The second-order valence-electron chi connectivity index (χ2n) is 4.42. The van der Waals surface area contributed by atoms with Gasteiger partial charge in [-0.2, -0.15) is 4.57 Å². The van der Waals surface area contributed by atoms with E-state index in [-0.39, 0.29) is 515 Å². The molecule has 1 rings (SSSR count). The van der Waals surface area contributed by atoms with Crippen LogP contribution in [0, 0.1) is 471 Å². The molecule has 0 amide bonds. The van der Waals surface area contributed by atoms with Gasteiger partial charge >= 0.3 is 18.5 Å². The first-order chi connectivity index (χ1) is 10.4. The normalized spacial score (nSPS) is 5.25. The van der Waals surface area contributed by atoms with Gasteiger partial charge < -0.3 is 67.0 Å². The molecule has 11 radical (unpaired) electrons. The van der Waals surface area contributed by atoms with Gasteiger partial charge in [0.05, 0.1) is 0 Å². The van der Waals surface area contributed by atoms with Crippen molar-refractivity contribution < 1.29 is 527 Å². The molecule has 0 bridgehead atoms. The molecule has 0 saturated carbocycles. The third kappa shape index (κ3) is 246. The molecular formula is C11H42Ac10N7No7NpO10P2-. The van der Waals surface area contributed by atoms with Crippen molar-refractivity contribution in [1.29, 1.82) is 0 Å². The topological polar surface area (TPSA) is 419 Å². The molecule has 0 spiro atoms. The molecule has 1 aromatic heterocycles. The molecule has 325 valence electrons. The number of nitrogens with zero attached hydrogens (tertiary/aromatic N) is 1. The molecule has 0 atom stereocenters. The summed E-state index contributed by atoms with van der Waals surface area (Å²) in [5.41, 5.74) is 6.77. The average Bonchev–Trinajstić information content (AvgIpc) is 2.35. The van der Waals surface area contributed by atoms with Crippen LogP contribution in [-0.2, 0) is 22.2 Å². The van der Waals surface area contributed by atoms with E-state index in [0.717, 1.165) is 6.54 Å². The third-order valence-electron chi connectivity index (χ3n) is 2.18. The van der Waals surface area contributed by atoms with E-state index in [4.69, 9.17) is 44.2 Å². The Labute approximate surface area is 628 Å². The van der Waals surface area contributed by atoms with Crippen molar-refractivity contribution in [3.63, 3.8) is 0 Å². The Bertz CT molecular complexity index is 576. The first kappa shape index (κ1) is 203. The van der Waals surface area contributed by atoms with Crippen LogP contribution in [-0.4, -0.2) is 40.3 Å². The molecule has 0 aliphatic carbocycles. The minimum Gasteiger partial charge on any atom is -0.693 e. The maximum atomic E-state index is 8.99. The maximum Gasteiger partial charge on any atom is 1.00 e. The van der Waals surface area contributed by atoms with Gasteiger partial charge in [-0.3, -0.25) is 9.79 Å². The number of hydrogen-bond acceptors (Lipinski definition) is 3. The van der Waals surface area contributed by atoms with Crippen LogP contribution in [0.5, 0.6) is 0 Å². The summed E-state index contributed by atoms with van der Waals surface area (Å²) in [5, 5.41) is 0. The number of rotatable bonds is 5. The molecule has 1 aromatic rings. The Morgan fingerprint density at radius 1 is 0.688 bits per heavy atom. The van der Waals surface area contributed by atoms with E-state index in [1.165, 1.54) is 24.8 Å². The van der Waals surface area contributed by atoms with Crippen LogP contribution < -0.4 is 10.3 Å². The van der Waals surface area contributed by atoms with Crippen LogP contribution in [0.4, 0.5) is 0 Å². The summed E-state index contributed by atoms with van der Waals surface area (Å²) in [6, 6.07) is 4.13. The van der Waals surface area contributed by atoms with Gasteiger partial charge in [-0.05, 0) is 12.5 Å². The molecule has 0 aliphatic heterocycles. The van der Waals surface area contributed by atoms with Gasteiger partial charge in [0.25, 0.3) is 0 Å². The van der Waals surface area contributed by atoms with Crippen LogP contribution in [0.2, 0.25) is 0 Å². The number of pyridine rings is 1. The number of phosphoric acid groups is 1. The second-order valence-corrected chi connectivity index (χ2v) is 6.53. The summed E-state index contributed by atoms with van der Waals surface area (Å²) >= 11 is 0. The van der Waals surface area contributed by atoms with Crippen molar-refractivity contribution in [2.75, 3.05) is 0 Å². The number of unbranched alkanes of at least 4 members (excludes halogenated alkanes) is 2. The molecule has 0 aliphatic rings. The van der Waals surface area contributed by atoms with E-state index in [9.17, 15) is 0 Å². The van der Waals surface area contributed by atoms with E-state index >= 15 is 0 Å². The second kappa shape index (κ2) is 131. The minimum absolute atomic E-state index is 0. The first-order valence-corrected chi connectivity index (χ1v) is 9.81. The van der Waals surface area contributed by atoms with Crippen LogP contribution in [0.15, 0.2) is 24.5 Å². The fourth-order valence-corrected chi connectivity index (χ4v) is 1.38. The Morgan fingerprint density at radius 2 is 0.917 bits per heavy atom. The number of aryl methyl sites for hydroxylation is 1. The molecule has 0 unspecified atom stereocenters. The summed E-state index contributed by atoms with van der Waals surface area (Å²) in [5.74, 6) is 0. The smallest absolute Gasteiger partial charge is 0.693 e. The van der Waals surface area contributed by atoms with Crippen molar-refractivity contribution in [3.05, 3.63) is 60.8 Å².